The molecule has 0 aromatic rings. The number of alkyl halides is 4. The van der Waals surface area contributed by atoms with Crippen LogP contribution in [0.1, 0.15) is 12.8 Å². The van der Waals surface area contributed by atoms with Crippen LogP contribution in [0, 0.1) is 5.92 Å². The van der Waals surface area contributed by atoms with Crippen LogP contribution in [0.4, 0.5) is 13.2 Å². The summed E-state index contributed by atoms with van der Waals surface area (Å²) in [5, 5.41) is 0.739. The van der Waals surface area contributed by atoms with Crippen molar-refractivity contribution in [3.05, 3.63) is 0 Å². The van der Waals surface area contributed by atoms with Crippen molar-refractivity contribution in [3.63, 3.8) is 0 Å². The van der Waals surface area contributed by atoms with Gasteiger partial charge in [0.15, 0.2) is 0 Å². The van der Waals surface area contributed by atoms with Crippen molar-refractivity contribution < 1.29 is 18.0 Å². The molecule has 1 aliphatic heterocycles. The van der Waals surface area contributed by atoms with Gasteiger partial charge in [-0.15, -0.1) is 0 Å². The van der Waals surface area contributed by atoms with Crippen molar-refractivity contribution in [2.75, 3.05) is 18.4 Å². The molecule has 0 N–H and O–H groups in total. The van der Waals surface area contributed by atoms with Crippen molar-refractivity contribution in [1.82, 2.24) is 4.90 Å². The molecule has 1 atom stereocenters. The first-order valence-electron chi connectivity index (χ1n) is 4.33. The van der Waals surface area contributed by atoms with Crippen LogP contribution in [0.3, 0.4) is 0 Å². The van der Waals surface area contributed by atoms with Crippen molar-refractivity contribution in [2.24, 2.45) is 5.92 Å². The molecule has 82 valence electrons. The zero-order chi connectivity index (χ0) is 10.8. The molecule has 1 saturated heterocycles. The van der Waals surface area contributed by atoms with Crippen molar-refractivity contribution in [2.45, 2.75) is 19.0 Å². The lowest BCUT2D eigenvalue weighted by molar-refractivity contribution is -0.160. The second-order valence-corrected chi connectivity index (χ2v) is 4.09. The van der Waals surface area contributed by atoms with Gasteiger partial charge in [0.05, 0.1) is 0 Å². The average Bonchev–Trinajstić information content (AvgIpc) is 2.48. The molecule has 1 aliphatic rings. The molecule has 0 aromatic carbocycles. The van der Waals surface area contributed by atoms with E-state index in [1.165, 1.54) is 4.90 Å². The number of hydrogen-bond donors (Lipinski definition) is 0. The number of rotatable bonds is 2. The second-order valence-electron chi connectivity index (χ2n) is 3.44. The standard InChI is InChI=1S/C8H11BrF3NO/c9-4-6-1-2-13(5-6)7(14)3-8(10,11)12/h6H,1-5H2. The molecule has 0 saturated carbocycles. The monoisotopic (exact) mass is 273 g/mol. The summed E-state index contributed by atoms with van der Waals surface area (Å²) in [6.07, 6.45) is -4.93. The van der Waals surface area contributed by atoms with Crippen LogP contribution < -0.4 is 0 Å². The maximum absolute atomic E-state index is 11.9. The molecule has 1 rings (SSSR count). The minimum atomic E-state index is -4.39. The first-order chi connectivity index (χ1) is 6.42. The largest absolute Gasteiger partial charge is 0.397 e. The van der Waals surface area contributed by atoms with E-state index in [1.54, 1.807) is 0 Å². The minimum absolute atomic E-state index is 0.298. The molecular weight excluding hydrogens is 263 g/mol. The van der Waals surface area contributed by atoms with E-state index in [2.05, 4.69) is 15.9 Å². The fraction of sp³-hybridized carbons (Fsp3) is 0.875. The number of carbonyl (C=O) groups excluding carboxylic acids is 1. The third kappa shape index (κ3) is 3.48. The molecular formula is C8H11BrF3NO. The predicted octanol–water partition coefficient (Wildman–Crippen LogP) is 2.18. The summed E-state index contributed by atoms with van der Waals surface area (Å²) in [5.41, 5.74) is 0. The number of halogens is 4. The average molecular weight is 274 g/mol. The van der Waals surface area contributed by atoms with Gasteiger partial charge < -0.3 is 4.90 Å². The molecule has 1 amide bonds. The Kier molecular flexibility index (Phi) is 3.80. The maximum Gasteiger partial charge on any atom is 0.397 e. The number of carbonyl (C=O) groups is 1. The molecule has 0 bridgehead atoms. The Labute approximate surface area is 88.6 Å². The van der Waals surface area contributed by atoms with Gasteiger partial charge in [0, 0.05) is 18.4 Å². The summed E-state index contributed by atoms with van der Waals surface area (Å²) < 4.78 is 35.6. The van der Waals surface area contributed by atoms with E-state index in [9.17, 15) is 18.0 Å². The molecule has 1 heterocycles. The number of hydrogen-bond acceptors (Lipinski definition) is 1. The van der Waals surface area contributed by atoms with Gasteiger partial charge in [0.2, 0.25) is 5.91 Å². The Bertz CT molecular complexity index is 219. The lowest BCUT2D eigenvalue weighted by Crippen LogP contribution is -2.32. The molecule has 1 fully saturated rings. The topological polar surface area (TPSA) is 20.3 Å². The molecule has 0 aromatic heterocycles. The van der Waals surface area contributed by atoms with E-state index in [0.717, 1.165) is 11.8 Å². The fourth-order valence-corrected chi connectivity index (χ4v) is 2.00. The highest BCUT2D eigenvalue weighted by Gasteiger charge is 2.35. The predicted molar refractivity (Wildman–Crippen MR) is 49.2 cm³/mol. The van der Waals surface area contributed by atoms with Crippen molar-refractivity contribution in [3.8, 4) is 0 Å². The van der Waals surface area contributed by atoms with E-state index >= 15 is 0 Å². The van der Waals surface area contributed by atoms with Crippen molar-refractivity contribution >= 4 is 21.8 Å². The highest BCUT2D eigenvalue weighted by atomic mass is 79.9. The first-order valence-corrected chi connectivity index (χ1v) is 5.45. The minimum Gasteiger partial charge on any atom is -0.342 e. The van der Waals surface area contributed by atoms with Gasteiger partial charge in [-0.2, -0.15) is 13.2 Å². The molecule has 0 aliphatic carbocycles. The molecule has 14 heavy (non-hydrogen) atoms. The molecule has 6 heteroatoms. The summed E-state index contributed by atoms with van der Waals surface area (Å²) in [6, 6.07) is 0. The van der Waals surface area contributed by atoms with Crippen LogP contribution in [-0.2, 0) is 4.79 Å². The summed E-state index contributed by atoms with van der Waals surface area (Å²) in [7, 11) is 0. The molecule has 0 spiro atoms. The van der Waals surface area contributed by atoms with Crippen LogP contribution in [0.15, 0.2) is 0 Å². The fourth-order valence-electron chi connectivity index (χ4n) is 1.47. The number of likely N-dealkylation sites (tertiary alicyclic amines) is 1. The number of nitrogens with zero attached hydrogens (tertiary/aromatic N) is 1. The third-order valence-corrected chi connectivity index (χ3v) is 3.12. The van der Waals surface area contributed by atoms with E-state index in [4.69, 9.17) is 0 Å². The van der Waals surface area contributed by atoms with E-state index in [-0.39, 0.29) is 0 Å². The smallest absolute Gasteiger partial charge is 0.342 e. The summed E-state index contributed by atoms with van der Waals surface area (Å²) in [4.78, 5) is 12.4. The summed E-state index contributed by atoms with van der Waals surface area (Å²) in [5.74, 6) is -0.506. The lowest BCUT2D eigenvalue weighted by Gasteiger charge is -2.16. The van der Waals surface area contributed by atoms with Gasteiger partial charge >= 0.3 is 6.18 Å². The van der Waals surface area contributed by atoms with Crippen LogP contribution in [0.5, 0.6) is 0 Å². The zero-order valence-corrected chi connectivity index (χ0v) is 9.07. The molecule has 2 nitrogen and oxygen atoms in total. The normalized spacial score (nSPS) is 22.9. The Morgan fingerprint density at radius 1 is 1.50 bits per heavy atom. The van der Waals surface area contributed by atoms with Crippen LogP contribution in [0.2, 0.25) is 0 Å². The van der Waals surface area contributed by atoms with Gasteiger partial charge in [-0.25, -0.2) is 0 Å². The lowest BCUT2D eigenvalue weighted by atomic mass is 10.2. The van der Waals surface area contributed by atoms with E-state index in [1.807, 2.05) is 0 Å². The summed E-state index contributed by atoms with van der Waals surface area (Å²) >= 11 is 3.25. The van der Waals surface area contributed by atoms with Crippen LogP contribution >= 0.6 is 15.9 Å². The highest BCUT2D eigenvalue weighted by molar-refractivity contribution is 9.09. The Morgan fingerprint density at radius 3 is 2.57 bits per heavy atom. The summed E-state index contributed by atoms with van der Waals surface area (Å²) in [6.45, 7) is 0.894. The Morgan fingerprint density at radius 2 is 2.14 bits per heavy atom. The second kappa shape index (κ2) is 4.51. The van der Waals surface area contributed by atoms with Gasteiger partial charge in [-0.05, 0) is 12.3 Å². The van der Waals surface area contributed by atoms with Gasteiger partial charge in [0.25, 0.3) is 0 Å². The number of amides is 1. The highest BCUT2D eigenvalue weighted by Crippen LogP contribution is 2.24. The maximum atomic E-state index is 11.9. The quantitative estimate of drug-likeness (QED) is 0.707. The molecule has 1 unspecified atom stereocenters. The zero-order valence-electron chi connectivity index (χ0n) is 7.48. The Balaban J connectivity index is 2.40. The van der Waals surface area contributed by atoms with Crippen LogP contribution in [0.25, 0.3) is 0 Å². The molecule has 0 radical (unpaired) electrons. The van der Waals surface area contributed by atoms with Gasteiger partial charge in [0.1, 0.15) is 6.42 Å². The SMILES string of the molecule is O=C(CC(F)(F)F)N1CCC(CBr)C1. The van der Waals surface area contributed by atoms with Crippen LogP contribution in [-0.4, -0.2) is 35.4 Å². The van der Waals surface area contributed by atoms with Gasteiger partial charge in [-0.1, -0.05) is 15.9 Å². The Hall–Kier alpha value is -0.260. The third-order valence-electron chi connectivity index (χ3n) is 2.21. The van der Waals surface area contributed by atoms with Gasteiger partial charge in [-0.3, -0.25) is 4.79 Å². The van der Waals surface area contributed by atoms with Crippen molar-refractivity contribution in [1.29, 1.82) is 0 Å². The first kappa shape index (κ1) is 11.8. The van der Waals surface area contributed by atoms with E-state index in [0.29, 0.717) is 19.0 Å². The van der Waals surface area contributed by atoms with E-state index < -0.39 is 18.5 Å².